The highest BCUT2D eigenvalue weighted by atomic mass is 32.2. The normalized spacial score (nSPS) is 24.3. The fourth-order valence-electron chi connectivity index (χ4n) is 4.41. The molecule has 4 heterocycles. The largest absolute Gasteiger partial charge is 0.335 e. The quantitative estimate of drug-likeness (QED) is 0.769. The van der Waals surface area contributed by atoms with Gasteiger partial charge in [0, 0.05) is 44.8 Å². The van der Waals surface area contributed by atoms with Crippen LogP contribution in [0.2, 0.25) is 0 Å². The molecule has 2 aliphatic rings. The summed E-state index contributed by atoms with van der Waals surface area (Å²) in [5, 5.41) is 9.16. The second-order valence-electron chi connectivity index (χ2n) is 7.85. The molecule has 0 radical (unpaired) electrons. The zero-order valence-electron chi connectivity index (χ0n) is 16.8. The van der Waals surface area contributed by atoms with Gasteiger partial charge < -0.3 is 4.90 Å². The average molecular weight is 438 g/mol. The summed E-state index contributed by atoms with van der Waals surface area (Å²) in [5.41, 5.74) is 1.17. The van der Waals surface area contributed by atoms with E-state index in [0.29, 0.717) is 31.9 Å². The van der Waals surface area contributed by atoms with Crippen molar-refractivity contribution in [2.75, 3.05) is 45.5 Å². The first-order valence-electron chi connectivity index (χ1n) is 9.91. The molecule has 4 rings (SSSR count). The number of aromatic amines is 1. The number of amides is 1. The summed E-state index contributed by atoms with van der Waals surface area (Å²) >= 11 is 1.61. The van der Waals surface area contributed by atoms with Crippen molar-refractivity contribution in [2.45, 2.75) is 25.3 Å². The molecular weight excluding hydrogens is 410 g/mol. The van der Waals surface area contributed by atoms with Gasteiger partial charge in [-0.15, -0.1) is 11.3 Å². The van der Waals surface area contributed by atoms with Gasteiger partial charge in [-0.25, -0.2) is 12.7 Å². The molecule has 10 heteroatoms. The number of carbonyl (C=O) groups excluding carboxylic acids is 1. The highest BCUT2D eigenvalue weighted by Crippen LogP contribution is 2.33. The molecule has 0 aromatic carbocycles. The number of thiophene rings is 1. The Balaban J connectivity index is 1.40. The van der Waals surface area contributed by atoms with Gasteiger partial charge in [0.25, 0.3) is 5.91 Å². The Morgan fingerprint density at radius 3 is 2.62 bits per heavy atom. The van der Waals surface area contributed by atoms with Crippen LogP contribution in [0, 0.1) is 0 Å². The maximum absolute atomic E-state index is 12.9. The van der Waals surface area contributed by atoms with Gasteiger partial charge in [0.2, 0.25) is 10.0 Å². The van der Waals surface area contributed by atoms with Crippen molar-refractivity contribution in [3.63, 3.8) is 0 Å². The molecule has 2 saturated heterocycles. The number of sulfonamides is 1. The first-order chi connectivity index (χ1) is 13.8. The molecule has 1 N–H and O–H groups in total. The number of carbonyl (C=O) groups is 1. The van der Waals surface area contributed by atoms with Crippen molar-refractivity contribution >= 4 is 27.3 Å². The molecule has 0 bridgehead atoms. The third-order valence-electron chi connectivity index (χ3n) is 6.25. The monoisotopic (exact) mass is 437 g/mol. The maximum atomic E-state index is 12.9. The van der Waals surface area contributed by atoms with Crippen LogP contribution in [0.1, 0.15) is 30.3 Å². The van der Waals surface area contributed by atoms with Gasteiger partial charge in [0.15, 0.2) is 5.69 Å². The minimum absolute atomic E-state index is 0.0570. The SMILES string of the molecule is CCC1(N2CCN(C(=O)c3cc(-c4cccs4)[nH]n3)CC2)CCN(S(C)(=O)=O)C1. The number of nitrogens with one attached hydrogen (secondary N) is 1. The van der Waals surface area contributed by atoms with Crippen molar-refractivity contribution in [1.29, 1.82) is 0 Å². The van der Waals surface area contributed by atoms with E-state index >= 15 is 0 Å². The molecule has 1 amide bonds. The Bertz CT molecular complexity index is 964. The van der Waals surface area contributed by atoms with E-state index in [0.717, 1.165) is 36.5 Å². The van der Waals surface area contributed by atoms with E-state index in [1.54, 1.807) is 15.6 Å². The minimum atomic E-state index is -3.17. The zero-order valence-corrected chi connectivity index (χ0v) is 18.4. The number of piperazine rings is 1. The van der Waals surface area contributed by atoms with Crippen LogP contribution in [0.15, 0.2) is 23.6 Å². The highest BCUT2D eigenvalue weighted by Gasteiger charge is 2.45. The Labute approximate surface area is 175 Å². The van der Waals surface area contributed by atoms with Gasteiger partial charge in [-0.3, -0.25) is 14.8 Å². The summed E-state index contributed by atoms with van der Waals surface area (Å²) in [6.45, 7) is 5.99. The molecule has 158 valence electrons. The molecule has 29 heavy (non-hydrogen) atoms. The van der Waals surface area contributed by atoms with Crippen molar-refractivity contribution in [2.24, 2.45) is 0 Å². The third kappa shape index (κ3) is 3.98. The number of aromatic nitrogens is 2. The van der Waals surface area contributed by atoms with Crippen molar-refractivity contribution < 1.29 is 13.2 Å². The molecule has 2 aromatic heterocycles. The van der Waals surface area contributed by atoms with E-state index in [4.69, 9.17) is 0 Å². The lowest BCUT2D eigenvalue weighted by Crippen LogP contribution is -2.59. The van der Waals surface area contributed by atoms with Crippen molar-refractivity contribution in [3.05, 3.63) is 29.3 Å². The van der Waals surface area contributed by atoms with Gasteiger partial charge >= 0.3 is 0 Å². The van der Waals surface area contributed by atoms with E-state index < -0.39 is 10.0 Å². The molecule has 8 nitrogen and oxygen atoms in total. The number of hydrogen-bond donors (Lipinski definition) is 1. The van der Waals surface area contributed by atoms with E-state index in [9.17, 15) is 13.2 Å². The molecule has 1 atom stereocenters. The Morgan fingerprint density at radius 1 is 1.28 bits per heavy atom. The summed E-state index contributed by atoms with van der Waals surface area (Å²) in [6, 6.07) is 5.78. The molecular formula is C19H27N5O3S2. The molecule has 0 spiro atoms. The molecule has 2 aliphatic heterocycles. The summed E-state index contributed by atoms with van der Waals surface area (Å²) in [5.74, 6) is -0.0570. The van der Waals surface area contributed by atoms with Crippen LogP contribution < -0.4 is 0 Å². The number of hydrogen-bond acceptors (Lipinski definition) is 6. The van der Waals surface area contributed by atoms with Crippen LogP contribution in [0.3, 0.4) is 0 Å². The maximum Gasteiger partial charge on any atom is 0.274 e. The predicted octanol–water partition coefficient (Wildman–Crippen LogP) is 1.71. The first-order valence-corrected chi connectivity index (χ1v) is 12.6. The molecule has 2 aromatic rings. The fraction of sp³-hybridized carbons (Fsp3) is 0.579. The second-order valence-corrected chi connectivity index (χ2v) is 10.8. The third-order valence-corrected chi connectivity index (χ3v) is 8.40. The van der Waals surface area contributed by atoms with Crippen LogP contribution in [0.4, 0.5) is 0 Å². The number of nitrogens with zero attached hydrogens (tertiary/aromatic N) is 4. The van der Waals surface area contributed by atoms with Crippen LogP contribution >= 0.6 is 11.3 Å². The molecule has 0 aliphatic carbocycles. The lowest BCUT2D eigenvalue weighted by molar-refractivity contribution is 0.0309. The predicted molar refractivity (Wildman–Crippen MR) is 113 cm³/mol. The van der Waals surface area contributed by atoms with Gasteiger partial charge in [0.05, 0.1) is 16.8 Å². The molecule has 2 fully saturated rings. The van der Waals surface area contributed by atoms with Crippen LogP contribution in [0.5, 0.6) is 0 Å². The Morgan fingerprint density at radius 2 is 2.03 bits per heavy atom. The summed E-state index contributed by atoms with van der Waals surface area (Å²) < 4.78 is 25.5. The first kappa shape index (κ1) is 20.5. The number of H-pyrrole nitrogens is 1. The molecule has 0 saturated carbocycles. The van der Waals surface area contributed by atoms with E-state index in [1.165, 1.54) is 6.26 Å². The van der Waals surface area contributed by atoms with Crippen LogP contribution in [-0.4, -0.2) is 89.7 Å². The van der Waals surface area contributed by atoms with E-state index in [-0.39, 0.29) is 11.4 Å². The smallest absolute Gasteiger partial charge is 0.274 e. The van der Waals surface area contributed by atoms with Gasteiger partial charge in [-0.05, 0) is 30.4 Å². The number of rotatable bonds is 5. The standard InChI is InChI=1S/C19H27N5O3S2/c1-3-19(6-7-24(14-19)29(2,26)27)23-10-8-22(9-11-23)18(25)16-13-15(20-21-16)17-5-4-12-28-17/h4-5,12-13H,3,6-11,14H2,1-2H3,(H,20,21). The van der Waals surface area contributed by atoms with E-state index in [2.05, 4.69) is 22.0 Å². The summed E-state index contributed by atoms with van der Waals surface area (Å²) in [7, 11) is -3.17. The van der Waals surface area contributed by atoms with Gasteiger partial charge in [-0.1, -0.05) is 13.0 Å². The van der Waals surface area contributed by atoms with Crippen molar-refractivity contribution in [1.82, 2.24) is 24.3 Å². The fourth-order valence-corrected chi connectivity index (χ4v) is 6.00. The highest BCUT2D eigenvalue weighted by molar-refractivity contribution is 7.88. The van der Waals surface area contributed by atoms with Crippen molar-refractivity contribution in [3.8, 4) is 10.6 Å². The zero-order chi connectivity index (χ0) is 20.6. The molecule has 1 unspecified atom stereocenters. The minimum Gasteiger partial charge on any atom is -0.335 e. The second kappa shape index (κ2) is 7.82. The lowest BCUT2D eigenvalue weighted by Gasteiger charge is -2.45. The Hall–Kier alpha value is -1.75. The lowest BCUT2D eigenvalue weighted by atomic mass is 9.92. The topological polar surface area (TPSA) is 89.6 Å². The summed E-state index contributed by atoms with van der Waals surface area (Å²) in [4.78, 5) is 18.2. The van der Waals surface area contributed by atoms with E-state index in [1.807, 2.05) is 28.5 Å². The van der Waals surface area contributed by atoms with Gasteiger partial charge in [0.1, 0.15) is 0 Å². The van der Waals surface area contributed by atoms with Crippen LogP contribution in [0.25, 0.3) is 10.6 Å². The Kier molecular flexibility index (Phi) is 5.54. The van der Waals surface area contributed by atoms with Crippen LogP contribution in [-0.2, 0) is 10.0 Å². The van der Waals surface area contributed by atoms with Gasteiger partial charge in [-0.2, -0.15) is 5.10 Å². The average Bonchev–Trinajstić information content (AvgIpc) is 3.47. The summed E-state index contributed by atoms with van der Waals surface area (Å²) in [6.07, 6.45) is 3.02.